The minimum Gasteiger partial charge on any atom is -0.438 e. The van der Waals surface area contributed by atoms with E-state index in [9.17, 15) is 9.59 Å². The van der Waals surface area contributed by atoms with Crippen LogP contribution in [0.15, 0.2) is 42.6 Å². The van der Waals surface area contributed by atoms with E-state index in [0.717, 1.165) is 6.42 Å². The Labute approximate surface area is 174 Å². The molecule has 0 radical (unpaired) electrons. The maximum atomic E-state index is 12.9. The molecule has 4 heterocycles. The largest absolute Gasteiger partial charge is 0.438 e. The predicted molar refractivity (Wildman–Crippen MR) is 107 cm³/mol. The Hall–Kier alpha value is -3.00. The fourth-order valence-corrected chi connectivity index (χ4v) is 4.47. The number of hydrogen-bond acceptors (Lipinski definition) is 6. The number of carbonyl (C=O) groups is 2. The highest BCUT2D eigenvalue weighted by Gasteiger charge is 2.40. The zero-order valence-electron chi connectivity index (χ0n) is 16.6. The first-order chi connectivity index (χ1) is 14.7. The van der Waals surface area contributed by atoms with Gasteiger partial charge >= 0.3 is 6.03 Å². The van der Waals surface area contributed by atoms with E-state index in [4.69, 9.17) is 9.47 Å². The molecular weight excluding hydrogens is 384 g/mol. The van der Waals surface area contributed by atoms with Gasteiger partial charge < -0.3 is 19.3 Å². The number of piperidine rings is 1. The van der Waals surface area contributed by atoms with E-state index in [1.54, 1.807) is 18.3 Å². The smallest absolute Gasteiger partial charge is 0.320 e. The minimum atomic E-state index is 0.0744. The van der Waals surface area contributed by atoms with Crippen molar-refractivity contribution in [2.24, 2.45) is 5.92 Å². The number of urea groups is 1. The molecule has 5 rings (SSSR count). The zero-order valence-corrected chi connectivity index (χ0v) is 16.6. The van der Waals surface area contributed by atoms with Crippen molar-refractivity contribution in [2.45, 2.75) is 24.9 Å². The van der Waals surface area contributed by atoms with Crippen LogP contribution in [-0.2, 0) is 9.53 Å². The summed E-state index contributed by atoms with van der Waals surface area (Å²) in [6.45, 7) is 2.96. The second kappa shape index (κ2) is 8.02. The molecule has 3 fully saturated rings. The molecule has 0 aliphatic carbocycles. The number of likely N-dealkylation sites (tertiary alicyclic amines) is 2. The van der Waals surface area contributed by atoms with Crippen molar-refractivity contribution in [2.75, 3.05) is 32.8 Å². The van der Waals surface area contributed by atoms with Crippen LogP contribution >= 0.6 is 0 Å². The van der Waals surface area contributed by atoms with Gasteiger partial charge in [-0.05, 0) is 30.2 Å². The summed E-state index contributed by atoms with van der Waals surface area (Å²) in [4.78, 5) is 28.3. The van der Waals surface area contributed by atoms with Crippen LogP contribution in [0, 0.1) is 5.92 Å². The van der Waals surface area contributed by atoms with Gasteiger partial charge in [-0.2, -0.15) is 5.10 Å². The third-order valence-corrected chi connectivity index (χ3v) is 6.16. The van der Waals surface area contributed by atoms with Crippen LogP contribution in [-0.4, -0.2) is 70.7 Å². The quantitative estimate of drug-likeness (QED) is 0.776. The Morgan fingerprint density at radius 3 is 2.70 bits per heavy atom. The SMILES string of the molecule is O=C1CO[C@H]2CCN(C(=O)N3CC(c4ccc(Oc5cccnn5)cc4)C3)C[C@H]2C1. The molecule has 2 atom stereocenters. The number of rotatable bonds is 3. The van der Waals surface area contributed by atoms with Gasteiger partial charge in [0.15, 0.2) is 5.78 Å². The van der Waals surface area contributed by atoms with Crippen LogP contribution in [0.2, 0.25) is 0 Å². The highest BCUT2D eigenvalue weighted by atomic mass is 16.5. The minimum absolute atomic E-state index is 0.0744. The lowest BCUT2D eigenvalue weighted by Crippen LogP contribution is -2.58. The molecule has 0 unspecified atom stereocenters. The van der Waals surface area contributed by atoms with Gasteiger partial charge in [0.2, 0.25) is 5.88 Å². The molecule has 1 aromatic carbocycles. The van der Waals surface area contributed by atoms with Gasteiger partial charge in [-0.3, -0.25) is 4.79 Å². The molecule has 0 saturated carbocycles. The average molecular weight is 408 g/mol. The topological polar surface area (TPSA) is 84.9 Å². The summed E-state index contributed by atoms with van der Waals surface area (Å²) in [6.07, 6.45) is 3.07. The Kier molecular flexibility index (Phi) is 5.08. The van der Waals surface area contributed by atoms with Gasteiger partial charge in [-0.25, -0.2) is 4.79 Å². The van der Waals surface area contributed by atoms with Gasteiger partial charge in [-0.15, -0.1) is 5.10 Å². The maximum Gasteiger partial charge on any atom is 0.320 e. The highest BCUT2D eigenvalue weighted by molar-refractivity contribution is 5.81. The predicted octanol–water partition coefficient (Wildman–Crippen LogP) is 2.47. The number of carbonyl (C=O) groups excluding carboxylic acids is 2. The van der Waals surface area contributed by atoms with Crippen LogP contribution < -0.4 is 4.74 Å². The molecule has 8 nitrogen and oxygen atoms in total. The van der Waals surface area contributed by atoms with E-state index < -0.39 is 0 Å². The molecule has 1 aromatic heterocycles. The summed E-state index contributed by atoms with van der Waals surface area (Å²) >= 11 is 0. The number of nitrogens with zero attached hydrogens (tertiary/aromatic N) is 4. The monoisotopic (exact) mass is 408 g/mol. The molecule has 0 bridgehead atoms. The molecule has 2 aromatic rings. The molecule has 0 N–H and O–H groups in total. The highest BCUT2D eigenvalue weighted by Crippen LogP contribution is 2.32. The molecule has 156 valence electrons. The fraction of sp³-hybridized carbons (Fsp3) is 0.455. The summed E-state index contributed by atoms with van der Waals surface area (Å²) < 4.78 is 11.3. The Morgan fingerprint density at radius 1 is 1.10 bits per heavy atom. The number of hydrogen-bond donors (Lipinski definition) is 0. The second-order valence-electron chi connectivity index (χ2n) is 8.20. The van der Waals surface area contributed by atoms with E-state index in [0.29, 0.717) is 50.1 Å². The van der Waals surface area contributed by atoms with Crippen LogP contribution in [0.4, 0.5) is 4.79 Å². The van der Waals surface area contributed by atoms with E-state index in [1.807, 2.05) is 34.1 Å². The zero-order chi connectivity index (χ0) is 20.5. The first-order valence-corrected chi connectivity index (χ1v) is 10.4. The van der Waals surface area contributed by atoms with Gasteiger partial charge in [0.1, 0.15) is 12.4 Å². The number of benzene rings is 1. The Balaban J connectivity index is 1.13. The van der Waals surface area contributed by atoms with E-state index in [-0.39, 0.29) is 30.4 Å². The summed E-state index contributed by atoms with van der Waals surface area (Å²) in [5.74, 6) is 1.78. The first kappa shape index (κ1) is 19.0. The van der Waals surface area contributed by atoms with Crippen LogP contribution in [0.25, 0.3) is 0 Å². The first-order valence-electron chi connectivity index (χ1n) is 10.4. The van der Waals surface area contributed by atoms with Crippen molar-refractivity contribution in [3.63, 3.8) is 0 Å². The second-order valence-corrected chi connectivity index (χ2v) is 8.20. The molecule has 3 aliphatic heterocycles. The summed E-state index contributed by atoms with van der Waals surface area (Å²) in [5, 5.41) is 7.71. The fourth-order valence-electron chi connectivity index (χ4n) is 4.47. The number of fused-ring (bicyclic) bond motifs is 1. The van der Waals surface area contributed by atoms with Crippen LogP contribution in [0.5, 0.6) is 11.6 Å². The number of aromatic nitrogens is 2. The summed E-state index contributed by atoms with van der Waals surface area (Å²) in [5.41, 5.74) is 1.19. The Morgan fingerprint density at radius 2 is 1.93 bits per heavy atom. The van der Waals surface area contributed by atoms with Crippen molar-refractivity contribution >= 4 is 11.8 Å². The summed E-state index contributed by atoms with van der Waals surface area (Å²) in [6, 6.07) is 11.5. The summed E-state index contributed by atoms with van der Waals surface area (Å²) in [7, 11) is 0. The molecule has 2 amide bonds. The molecule has 30 heavy (non-hydrogen) atoms. The number of amides is 2. The molecule has 8 heteroatoms. The third-order valence-electron chi connectivity index (χ3n) is 6.16. The van der Waals surface area contributed by atoms with Gasteiger partial charge in [-0.1, -0.05) is 12.1 Å². The van der Waals surface area contributed by atoms with Gasteiger partial charge in [0.05, 0.1) is 6.10 Å². The third kappa shape index (κ3) is 3.87. The standard InChI is InChI=1S/C22H24N4O4/c27-18-10-16-11-25(9-7-20(16)29-14-18)22(28)26-12-17(13-26)15-3-5-19(6-4-15)30-21-2-1-8-23-24-21/h1-6,8,16-17,20H,7,9-14H2/t16-,20+/m1/s1. The van der Waals surface area contributed by atoms with E-state index >= 15 is 0 Å². The lowest BCUT2D eigenvalue weighted by Gasteiger charge is -2.46. The van der Waals surface area contributed by atoms with Gasteiger partial charge in [0.25, 0.3) is 0 Å². The van der Waals surface area contributed by atoms with E-state index in [2.05, 4.69) is 10.2 Å². The molecule has 3 aliphatic rings. The molecular formula is C22H24N4O4. The van der Waals surface area contributed by atoms with Crippen molar-refractivity contribution in [3.8, 4) is 11.6 Å². The molecule has 0 spiro atoms. The maximum absolute atomic E-state index is 12.9. The van der Waals surface area contributed by atoms with E-state index in [1.165, 1.54) is 5.56 Å². The number of Topliss-reactive ketones (excluding diaryl/α,β-unsaturated/α-hetero) is 1. The lowest BCUT2D eigenvalue weighted by molar-refractivity contribution is -0.140. The lowest BCUT2D eigenvalue weighted by atomic mass is 9.87. The molecule has 3 saturated heterocycles. The van der Waals surface area contributed by atoms with Crippen molar-refractivity contribution in [1.29, 1.82) is 0 Å². The average Bonchev–Trinajstić information content (AvgIpc) is 2.74. The van der Waals surface area contributed by atoms with Crippen LogP contribution in [0.1, 0.15) is 24.3 Å². The normalized spacial score (nSPS) is 24.2. The van der Waals surface area contributed by atoms with Gasteiger partial charge in [0, 0.05) is 56.7 Å². The van der Waals surface area contributed by atoms with Crippen molar-refractivity contribution < 1.29 is 19.1 Å². The van der Waals surface area contributed by atoms with Crippen molar-refractivity contribution in [1.82, 2.24) is 20.0 Å². The Bertz CT molecular complexity index is 914. The number of ketones is 1. The van der Waals surface area contributed by atoms with Crippen molar-refractivity contribution in [3.05, 3.63) is 48.2 Å². The number of ether oxygens (including phenoxy) is 2. The van der Waals surface area contributed by atoms with Crippen LogP contribution in [0.3, 0.4) is 0 Å².